The minimum absolute atomic E-state index is 0.00278. The molecule has 5 nitrogen and oxygen atoms in total. The average Bonchev–Trinajstić information content (AvgIpc) is 2.18. The summed E-state index contributed by atoms with van der Waals surface area (Å²) in [5.41, 5.74) is -0.00278. The number of hydrogen-bond donors (Lipinski definition) is 1. The number of rotatable bonds is 4. The SMILES string of the molecule is O=[N+]([O-])/C=C\c1cccc(O)c1OC(F)F. The zero-order valence-corrected chi connectivity index (χ0v) is 7.84. The molecule has 1 rings (SSSR count). The van der Waals surface area contributed by atoms with Gasteiger partial charge in [0, 0.05) is 11.6 Å². The summed E-state index contributed by atoms with van der Waals surface area (Å²) in [6.07, 6.45) is 1.52. The van der Waals surface area contributed by atoms with Crippen molar-refractivity contribution in [3.05, 3.63) is 40.1 Å². The normalized spacial score (nSPS) is 10.9. The summed E-state index contributed by atoms with van der Waals surface area (Å²) in [7, 11) is 0. The number of aromatic hydroxyl groups is 1. The van der Waals surface area contributed by atoms with Crippen molar-refractivity contribution < 1.29 is 23.5 Å². The molecule has 0 atom stereocenters. The Morgan fingerprint density at radius 1 is 1.50 bits per heavy atom. The van der Waals surface area contributed by atoms with Crippen molar-refractivity contribution in [3.63, 3.8) is 0 Å². The summed E-state index contributed by atoms with van der Waals surface area (Å²) in [4.78, 5) is 9.30. The van der Waals surface area contributed by atoms with Crippen molar-refractivity contribution in [1.29, 1.82) is 0 Å². The predicted octanol–water partition coefficient (Wildman–Crippen LogP) is 2.24. The molecule has 0 unspecified atom stereocenters. The fraction of sp³-hybridized carbons (Fsp3) is 0.111. The maximum Gasteiger partial charge on any atom is 0.387 e. The van der Waals surface area contributed by atoms with Crippen LogP contribution in [0.15, 0.2) is 24.4 Å². The molecule has 0 aromatic heterocycles. The number of phenols is 1. The molecule has 0 saturated heterocycles. The molecule has 7 heteroatoms. The largest absolute Gasteiger partial charge is 0.504 e. The molecule has 0 radical (unpaired) electrons. The van der Waals surface area contributed by atoms with Gasteiger partial charge in [0.15, 0.2) is 11.5 Å². The summed E-state index contributed by atoms with van der Waals surface area (Å²) in [6.45, 7) is -3.11. The first-order valence-electron chi connectivity index (χ1n) is 4.09. The number of phenolic OH excluding ortho intramolecular Hbond substituents is 1. The number of nitro groups is 1. The molecule has 0 spiro atoms. The van der Waals surface area contributed by atoms with Crippen LogP contribution >= 0.6 is 0 Å². The number of alkyl halides is 2. The Labute approximate surface area is 88.7 Å². The molecule has 0 aliphatic carbocycles. The van der Waals surface area contributed by atoms with Crippen molar-refractivity contribution in [2.45, 2.75) is 6.61 Å². The van der Waals surface area contributed by atoms with E-state index in [0.717, 1.165) is 12.1 Å². The van der Waals surface area contributed by atoms with Crippen molar-refractivity contribution in [1.82, 2.24) is 0 Å². The van der Waals surface area contributed by atoms with E-state index in [1.54, 1.807) is 0 Å². The number of nitrogens with zero attached hydrogens (tertiary/aromatic N) is 1. The molecule has 0 bridgehead atoms. The Balaban J connectivity index is 3.07. The molecule has 0 fully saturated rings. The van der Waals surface area contributed by atoms with Gasteiger partial charge in [-0.05, 0) is 6.07 Å². The first-order chi connectivity index (χ1) is 7.50. The van der Waals surface area contributed by atoms with Gasteiger partial charge in [0.05, 0.1) is 4.92 Å². The summed E-state index contributed by atoms with van der Waals surface area (Å²) >= 11 is 0. The molecule has 16 heavy (non-hydrogen) atoms. The van der Waals surface area contributed by atoms with Crippen LogP contribution in [0.2, 0.25) is 0 Å². The van der Waals surface area contributed by atoms with E-state index in [9.17, 15) is 24.0 Å². The van der Waals surface area contributed by atoms with Crippen LogP contribution in [0.3, 0.4) is 0 Å². The van der Waals surface area contributed by atoms with Gasteiger partial charge in [0.2, 0.25) is 6.20 Å². The monoisotopic (exact) mass is 231 g/mol. The maximum absolute atomic E-state index is 12.0. The number of para-hydroxylation sites is 1. The molecule has 1 N–H and O–H groups in total. The molecule has 0 aliphatic heterocycles. The second-order valence-corrected chi connectivity index (χ2v) is 2.68. The highest BCUT2D eigenvalue weighted by Gasteiger charge is 2.12. The lowest BCUT2D eigenvalue weighted by Gasteiger charge is -2.08. The van der Waals surface area contributed by atoms with Crippen LogP contribution in [0.4, 0.5) is 8.78 Å². The zero-order valence-electron chi connectivity index (χ0n) is 7.84. The topological polar surface area (TPSA) is 72.6 Å². The molecule has 1 aromatic rings. The van der Waals surface area contributed by atoms with Crippen molar-refractivity contribution in [2.24, 2.45) is 0 Å². The molecule has 0 amide bonds. The first kappa shape index (κ1) is 11.9. The van der Waals surface area contributed by atoms with Crippen LogP contribution in [0.25, 0.3) is 6.08 Å². The Bertz CT molecular complexity index is 420. The Kier molecular flexibility index (Phi) is 3.76. The van der Waals surface area contributed by atoms with Crippen LogP contribution < -0.4 is 4.74 Å². The zero-order chi connectivity index (χ0) is 12.1. The molecule has 0 heterocycles. The Hall–Kier alpha value is -2.18. The maximum atomic E-state index is 12.0. The lowest BCUT2D eigenvalue weighted by molar-refractivity contribution is -0.400. The molecule has 0 saturated carbocycles. The van der Waals surface area contributed by atoms with Gasteiger partial charge in [-0.25, -0.2) is 0 Å². The van der Waals surface area contributed by atoms with E-state index in [2.05, 4.69) is 4.74 Å². The van der Waals surface area contributed by atoms with Gasteiger partial charge in [0.25, 0.3) is 0 Å². The summed E-state index contributed by atoms with van der Waals surface area (Å²) in [5.74, 6) is -0.999. The average molecular weight is 231 g/mol. The van der Waals surface area contributed by atoms with E-state index >= 15 is 0 Å². The fourth-order valence-corrected chi connectivity index (χ4v) is 1.03. The number of ether oxygens (including phenoxy) is 1. The van der Waals surface area contributed by atoms with Crippen molar-refractivity contribution in [3.8, 4) is 11.5 Å². The number of halogens is 2. The number of hydrogen-bond acceptors (Lipinski definition) is 4. The minimum atomic E-state index is -3.11. The van der Waals surface area contributed by atoms with E-state index in [0.29, 0.717) is 6.20 Å². The highest BCUT2D eigenvalue weighted by atomic mass is 19.3. The van der Waals surface area contributed by atoms with E-state index < -0.39 is 23.0 Å². The number of benzene rings is 1. The molecular weight excluding hydrogens is 224 g/mol. The third-order valence-electron chi connectivity index (χ3n) is 1.61. The van der Waals surface area contributed by atoms with Crippen LogP contribution in [0.1, 0.15) is 5.56 Å². The van der Waals surface area contributed by atoms with Crippen molar-refractivity contribution in [2.75, 3.05) is 0 Å². The molecule has 86 valence electrons. The summed E-state index contributed by atoms with van der Waals surface area (Å²) in [6, 6.07) is 3.80. The fourth-order valence-electron chi connectivity index (χ4n) is 1.03. The van der Waals surface area contributed by atoms with E-state index in [4.69, 9.17) is 0 Å². The van der Waals surface area contributed by atoms with Crippen LogP contribution in [0, 0.1) is 10.1 Å². The van der Waals surface area contributed by atoms with Gasteiger partial charge in [0.1, 0.15) is 0 Å². The summed E-state index contributed by atoms with van der Waals surface area (Å²) in [5, 5.41) is 19.3. The second kappa shape index (κ2) is 5.06. The van der Waals surface area contributed by atoms with Crippen LogP contribution in [-0.2, 0) is 0 Å². The smallest absolute Gasteiger partial charge is 0.387 e. The quantitative estimate of drug-likeness (QED) is 0.637. The Morgan fingerprint density at radius 3 is 2.75 bits per heavy atom. The highest BCUT2D eigenvalue weighted by Crippen LogP contribution is 2.32. The van der Waals surface area contributed by atoms with E-state index in [1.807, 2.05) is 0 Å². The third-order valence-corrected chi connectivity index (χ3v) is 1.61. The third kappa shape index (κ3) is 3.19. The first-order valence-corrected chi connectivity index (χ1v) is 4.09. The lowest BCUT2D eigenvalue weighted by atomic mass is 10.2. The summed E-state index contributed by atoms with van der Waals surface area (Å²) < 4.78 is 28.0. The van der Waals surface area contributed by atoms with Gasteiger partial charge in [-0.3, -0.25) is 10.1 Å². The van der Waals surface area contributed by atoms with Gasteiger partial charge < -0.3 is 9.84 Å². The van der Waals surface area contributed by atoms with Crippen LogP contribution in [-0.4, -0.2) is 16.6 Å². The van der Waals surface area contributed by atoms with E-state index in [-0.39, 0.29) is 5.56 Å². The van der Waals surface area contributed by atoms with Gasteiger partial charge in [-0.15, -0.1) is 0 Å². The Morgan fingerprint density at radius 2 is 2.19 bits per heavy atom. The lowest BCUT2D eigenvalue weighted by Crippen LogP contribution is -2.03. The molecular formula is C9H7F2NO4. The van der Waals surface area contributed by atoms with E-state index in [1.165, 1.54) is 12.1 Å². The highest BCUT2D eigenvalue weighted by molar-refractivity contribution is 5.61. The second-order valence-electron chi connectivity index (χ2n) is 2.68. The van der Waals surface area contributed by atoms with Crippen molar-refractivity contribution >= 4 is 6.08 Å². The standard InChI is InChI=1S/C9H7F2NO4/c10-9(11)16-8-6(4-5-12(14)15)2-1-3-7(8)13/h1-5,9,13H/b5-4-. The van der Waals surface area contributed by atoms with Gasteiger partial charge in [-0.2, -0.15) is 8.78 Å². The minimum Gasteiger partial charge on any atom is -0.504 e. The van der Waals surface area contributed by atoms with Crippen LogP contribution in [0.5, 0.6) is 11.5 Å². The van der Waals surface area contributed by atoms with Gasteiger partial charge in [-0.1, -0.05) is 12.1 Å². The molecule has 1 aromatic carbocycles. The molecule has 0 aliphatic rings. The predicted molar refractivity (Wildman–Crippen MR) is 50.8 cm³/mol. The van der Waals surface area contributed by atoms with Gasteiger partial charge >= 0.3 is 6.61 Å².